The van der Waals surface area contributed by atoms with Crippen LogP contribution in [0, 0.1) is 13.8 Å². The zero-order valence-electron chi connectivity index (χ0n) is 16.0. The first kappa shape index (κ1) is 20.2. The molecule has 2 aromatic rings. The Morgan fingerprint density at radius 3 is 2.78 bits per heavy atom. The van der Waals surface area contributed by atoms with Gasteiger partial charge in [0.1, 0.15) is 5.75 Å². The Kier molecular flexibility index (Phi) is 7.11. The topological polar surface area (TPSA) is 71.5 Å². The Bertz CT molecular complexity index is 833. The fourth-order valence-electron chi connectivity index (χ4n) is 2.47. The van der Waals surface area contributed by atoms with Gasteiger partial charge in [-0.3, -0.25) is 9.59 Å². The van der Waals surface area contributed by atoms with Crippen molar-refractivity contribution in [2.45, 2.75) is 27.3 Å². The largest absolute Gasteiger partial charge is 0.439 e. The second kappa shape index (κ2) is 9.52. The summed E-state index contributed by atoms with van der Waals surface area (Å²) < 4.78 is 5.88. The van der Waals surface area contributed by atoms with Gasteiger partial charge in [0.05, 0.1) is 6.54 Å². The normalized spacial score (nSPS) is 10.2. The first-order valence-electron chi connectivity index (χ1n) is 8.81. The number of carbonyl (C=O) groups excluding carboxylic acids is 2. The molecule has 1 heterocycles. The van der Waals surface area contributed by atoms with Crippen molar-refractivity contribution in [1.82, 2.24) is 15.2 Å². The second-order valence-electron chi connectivity index (χ2n) is 6.14. The number of carbonyl (C=O) groups is 2. The molecule has 0 saturated heterocycles. The van der Waals surface area contributed by atoms with E-state index in [1.165, 1.54) is 11.0 Å². The van der Waals surface area contributed by atoms with Crippen LogP contribution in [0.2, 0.25) is 0 Å². The summed E-state index contributed by atoms with van der Waals surface area (Å²) in [4.78, 5) is 29.4. The summed E-state index contributed by atoms with van der Waals surface area (Å²) in [6, 6.07) is 9.45. The third kappa shape index (κ3) is 5.67. The number of aromatic nitrogens is 1. The summed E-state index contributed by atoms with van der Waals surface area (Å²) in [6.45, 7) is 10.0. The molecule has 0 radical (unpaired) electrons. The van der Waals surface area contributed by atoms with E-state index in [2.05, 4.69) is 16.9 Å². The molecule has 2 rings (SSSR count). The highest BCUT2D eigenvalue weighted by Gasteiger charge is 2.12. The molecular weight excluding hydrogens is 342 g/mol. The molecule has 6 nitrogen and oxygen atoms in total. The van der Waals surface area contributed by atoms with Crippen molar-refractivity contribution in [3.05, 3.63) is 65.9 Å². The van der Waals surface area contributed by atoms with Gasteiger partial charge in [-0.15, -0.1) is 0 Å². The quantitative estimate of drug-likeness (QED) is 0.728. The van der Waals surface area contributed by atoms with Crippen LogP contribution < -0.4 is 10.1 Å². The summed E-state index contributed by atoms with van der Waals surface area (Å²) in [5.41, 5.74) is 3.06. The molecule has 6 heteroatoms. The van der Waals surface area contributed by atoms with Crippen molar-refractivity contribution in [1.29, 1.82) is 0 Å². The predicted octanol–water partition coefficient (Wildman–Crippen LogP) is 3.14. The Balaban J connectivity index is 1.97. The number of hydrogen-bond acceptors (Lipinski definition) is 4. The van der Waals surface area contributed by atoms with E-state index in [4.69, 9.17) is 4.74 Å². The van der Waals surface area contributed by atoms with E-state index in [1.807, 2.05) is 45.0 Å². The predicted molar refractivity (Wildman–Crippen MR) is 105 cm³/mol. The molecule has 0 atom stereocenters. The fourth-order valence-corrected chi connectivity index (χ4v) is 2.47. The van der Waals surface area contributed by atoms with Crippen LogP contribution in [0.5, 0.6) is 11.6 Å². The lowest BCUT2D eigenvalue weighted by Gasteiger charge is -2.18. The van der Waals surface area contributed by atoms with E-state index in [1.54, 1.807) is 12.3 Å². The van der Waals surface area contributed by atoms with Gasteiger partial charge in [-0.05, 0) is 55.7 Å². The number of likely N-dealkylation sites (N-methyl/N-ethyl adjacent to an activating group) is 1. The summed E-state index contributed by atoms with van der Waals surface area (Å²) in [7, 11) is 0. The van der Waals surface area contributed by atoms with Crippen molar-refractivity contribution in [3.63, 3.8) is 0 Å². The molecule has 142 valence electrons. The lowest BCUT2D eigenvalue weighted by molar-refractivity contribution is -0.132. The van der Waals surface area contributed by atoms with Crippen molar-refractivity contribution in [2.24, 2.45) is 0 Å². The first-order valence-corrected chi connectivity index (χ1v) is 8.81. The van der Waals surface area contributed by atoms with Crippen LogP contribution in [-0.4, -0.2) is 34.8 Å². The molecule has 0 aliphatic rings. The molecule has 2 amide bonds. The smallest absolute Gasteiger partial charge is 0.246 e. The minimum atomic E-state index is -0.263. The highest BCUT2D eigenvalue weighted by Crippen LogP contribution is 2.25. The Hall–Kier alpha value is -3.15. The molecule has 0 saturated carbocycles. The highest BCUT2D eigenvalue weighted by atomic mass is 16.5. The van der Waals surface area contributed by atoms with Gasteiger partial charge in [-0.25, -0.2) is 4.98 Å². The SMILES string of the molecule is C=CC(=O)N(CC)CC(=O)NCc1ccnc(Oc2cccc(C)c2C)c1. The molecule has 27 heavy (non-hydrogen) atoms. The minimum absolute atomic E-state index is 0.00171. The number of benzene rings is 1. The Morgan fingerprint density at radius 2 is 2.07 bits per heavy atom. The van der Waals surface area contributed by atoms with Crippen molar-refractivity contribution >= 4 is 11.8 Å². The van der Waals surface area contributed by atoms with Gasteiger partial charge in [0.25, 0.3) is 0 Å². The molecule has 1 N–H and O–H groups in total. The summed E-state index contributed by atoms with van der Waals surface area (Å²) in [5, 5.41) is 2.80. The third-order valence-electron chi connectivity index (χ3n) is 4.26. The van der Waals surface area contributed by atoms with Crippen molar-refractivity contribution in [2.75, 3.05) is 13.1 Å². The molecule has 1 aromatic heterocycles. The zero-order chi connectivity index (χ0) is 19.8. The van der Waals surface area contributed by atoms with Gasteiger partial charge >= 0.3 is 0 Å². The number of hydrogen-bond donors (Lipinski definition) is 1. The first-order chi connectivity index (χ1) is 12.9. The van der Waals surface area contributed by atoms with E-state index in [9.17, 15) is 9.59 Å². The molecule has 0 unspecified atom stereocenters. The number of ether oxygens (including phenoxy) is 1. The van der Waals surface area contributed by atoms with E-state index in [0.29, 0.717) is 19.0 Å². The molecule has 0 spiro atoms. The van der Waals surface area contributed by atoms with E-state index >= 15 is 0 Å². The van der Waals surface area contributed by atoms with Gasteiger partial charge in [0.15, 0.2) is 0 Å². The zero-order valence-corrected chi connectivity index (χ0v) is 16.0. The number of rotatable bonds is 8. The van der Waals surface area contributed by atoms with Crippen LogP contribution in [0.3, 0.4) is 0 Å². The summed E-state index contributed by atoms with van der Waals surface area (Å²) in [6.07, 6.45) is 2.85. The maximum Gasteiger partial charge on any atom is 0.246 e. The van der Waals surface area contributed by atoms with Crippen LogP contribution >= 0.6 is 0 Å². The monoisotopic (exact) mass is 367 g/mol. The average molecular weight is 367 g/mol. The molecule has 0 aliphatic heterocycles. The molecule has 0 fully saturated rings. The Labute approximate surface area is 159 Å². The minimum Gasteiger partial charge on any atom is -0.439 e. The molecule has 0 bridgehead atoms. The molecular formula is C21H25N3O3. The number of pyridine rings is 1. The van der Waals surface area contributed by atoms with Crippen molar-refractivity contribution in [3.8, 4) is 11.6 Å². The van der Waals surface area contributed by atoms with Crippen LogP contribution in [0.25, 0.3) is 0 Å². The summed E-state index contributed by atoms with van der Waals surface area (Å²) >= 11 is 0. The van der Waals surface area contributed by atoms with Crippen LogP contribution in [0.4, 0.5) is 0 Å². The number of aryl methyl sites for hydroxylation is 1. The fraction of sp³-hybridized carbons (Fsp3) is 0.286. The lowest BCUT2D eigenvalue weighted by atomic mass is 10.1. The molecule has 0 aliphatic carbocycles. The van der Waals surface area contributed by atoms with E-state index in [-0.39, 0.29) is 18.4 Å². The van der Waals surface area contributed by atoms with Crippen LogP contribution in [-0.2, 0) is 16.1 Å². The van der Waals surface area contributed by atoms with Gasteiger partial charge in [-0.2, -0.15) is 0 Å². The van der Waals surface area contributed by atoms with Gasteiger partial charge in [0, 0.05) is 25.4 Å². The maximum atomic E-state index is 12.1. The second-order valence-corrected chi connectivity index (χ2v) is 6.14. The van der Waals surface area contributed by atoms with Gasteiger partial charge in [-0.1, -0.05) is 18.7 Å². The average Bonchev–Trinajstić information content (AvgIpc) is 2.67. The van der Waals surface area contributed by atoms with Crippen molar-refractivity contribution < 1.29 is 14.3 Å². The maximum absolute atomic E-state index is 12.1. The van der Waals surface area contributed by atoms with Gasteiger partial charge < -0.3 is 15.0 Å². The van der Waals surface area contributed by atoms with E-state index in [0.717, 1.165) is 22.4 Å². The van der Waals surface area contributed by atoms with Crippen LogP contribution in [0.15, 0.2) is 49.2 Å². The standard InChI is InChI=1S/C21H25N3O3/c1-5-21(26)24(6-2)14-19(25)23-13-17-10-11-22-20(12-17)27-18-9-7-8-15(3)16(18)4/h5,7-12H,1,6,13-14H2,2-4H3,(H,23,25). The summed E-state index contributed by atoms with van der Waals surface area (Å²) in [5.74, 6) is 0.722. The number of amides is 2. The highest BCUT2D eigenvalue weighted by molar-refractivity contribution is 5.90. The lowest BCUT2D eigenvalue weighted by Crippen LogP contribution is -2.39. The Morgan fingerprint density at radius 1 is 1.30 bits per heavy atom. The molecule has 1 aromatic carbocycles. The third-order valence-corrected chi connectivity index (χ3v) is 4.26. The van der Waals surface area contributed by atoms with Gasteiger partial charge in [0.2, 0.25) is 17.7 Å². The van der Waals surface area contributed by atoms with E-state index < -0.39 is 0 Å². The number of nitrogens with one attached hydrogen (secondary N) is 1. The number of nitrogens with zero attached hydrogens (tertiary/aromatic N) is 2. The van der Waals surface area contributed by atoms with Crippen LogP contribution in [0.1, 0.15) is 23.6 Å².